The smallest absolute Gasteiger partial charge is 0.270 e. The number of carbonyl (C=O) groups excluding carboxylic acids is 1. The van der Waals surface area contributed by atoms with Crippen LogP contribution in [0.5, 0.6) is 0 Å². The van der Waals surface area contributed by atoms with Crippen molar-refractivity contribution in [1.29, 1.82) is 0 Å². The first-order chi connectivity index (χ1) is 12.7. The molecule has 2 N–H and O–H groups in total. The Hall–Kier alpha value is -3.09. The molecule has 0 spiro atoms. The lowest BCUT2D eigenvalue weighted by Gasteiger charge is -2.35. The Bertz CT molecular complexity index is 946. The number of hydrogen-bond acceptors (Lipinski definition) is 4. The van der Waals surface area contributed by atoms with E-state index in [0.717, 1.165) is 17.0 Å². The molecule has 1 fully saturated rings. The quantitative estimate of drug-likeness (QED) is 0.760. The molecular formula is C19H20FN5O. The van der Waals surface area contributed by atoms with E-state index in [4.69, 9.17) is 0 Å². The maximum absolute atomic E-state index is 13.3. The number of amides is 1. The first-order valence-electron chi connectivity index (χ1n) is 8.61. The van der Waals surface area contributed by atoms with E-state index in [0.29, 0.717) is 37.3 Å². The molecule has 7 heteroatoms. The van der Waals surface area contributed by atoms with Crippen molar-refractivity contribution in [3.8, 4) is 0 Å². The van der Waals surface area contributed by atoms with Gasteiger partial charge in [0.2, 0.25) is 0 Å². The van der Waals surface area contributed by atoms with Gasteiger partial charge in [0, 0.05) is 50.3 Å². The molecule has 0 bridgehead atoms. The minimum absolute atomic E-state index is 0.0591. The molecule has 3 aromatic rings. The lowest BCUT2D eigenvalue weighted by atomic mass is 10.2. The third-order valence-electron chi connectivity index (χ3n) is 4.74. The number of rotatable bonds is 3. The van der Waals surface area contributed by atoms with E-state index in [-0.39, 0.29) is 11.7 Å². The van der Waals surface area contributed by atoms with Crippen molar-refractivity contribution >= 4 is 28.3 Å². The number of fused-ring (bicyclic) bond motifs is 1. The summed E-state index contributed by atoms with van der Waals surface area (Å²) in [5.41, 5.74) is 2.23. The number of nitrogens with one attached hydrogen (secondary N) is 2. The minimum atomic E-state index is -0.306. The fourth-order valence-corrected chi connectivity index (χ4v) is 3.35. The lowest BCUT2D eigenvalue weighted by Crippen LogP contribution is -2.49. The van der Waals surface area contributed by atoms with E-state index in [1.165, 1.54) is 12.1 Å². The van der Waals surface area contributed by atoms with Gasteiger partial charge in [0.25, 0.3) is 5.91 Å². The number of aromatic nitrogens is 2. The molecule has 4 rings (SSSR count). The van der Waals surface area contributed by atoms with Gasteiger partial charge in [-0.15, -0.1) is 0 Å². The number of halogens is 1. The fraction of sp³-hybridized carbons (Fsp3) is 0.263. The Kier molecular flexibility index (Phi) is 4.20. The molecule has 1 aliphatic heterocycles. The average Bonchev–Trinajstić information content (AvgIpc) is 3.10. The zero-order chi connectivity index (χ0) is 18.1. The van der Waals surface area contributed by atoms with Crippen LogP contribution in [0.3, 0.4) is 0 Å². The SMILES string of the molecule is CNc1cccnc1N1CCN(C(=O)c2cc3cc(F)ccc3[nH]2)CC1. The van der Waals surface area contributed by atoms with Crippen LogP contribution in [-0.2, 0) is 0 Å². The van der Waals surface area contributed by atoms with Crippen LogP contribution >= 0.6 is 0 Å². The number of anilines is 2. The molecule has 3 heterocycles. The molecule has 0 saturated carbocycles. The van der Waals surface area contributed by atoms with Crippen LogP contribution < -0.4 is 10.2 Å². The van der Waals surface area contributed by atoms with Crippen molar-refractivity contribution in [3.05, 3.63) is 54.1 Å². The van der Waals surface area contributed by atoms with Crippen LogP contribution in [0.25, 0.3) is 10.9 Å². The topological polar surface area (TPSA) is 64.3 Å². The van der Waals surface area contributed by atoms with Crippen LogP contribution in [-0.4, -0.2) is 54.0 Å². The highest BCUT2D eigenvalue weighted by Gasteiger charge is 2.25. The van der Waals surface area contributed by atoms with E-state index >= 15 is 0 Å². The second-order valence-corrected chi connectivity index (χ2v) is 6.32. The van der Waals surface area contributed by atoms with Gasteiger partial charge in [0.05, 0.1) is 5.69 Å². The van der Waals surface area contributed by atoms with Crippen LogP contribution in [0.4, 0.5) is 15.9 Å². The maximum atomic E-state index is 13.3. The Morgan fingerprint density at radius 2 is 2.00 bits per heavy atom. The largest absolute Gasteiger partial charge is 0.385 e. The third-order valence-corrected chi connectivity index (χ3v) is 4.74. The van der Waals surface area contributed by atoms with Gasteiger partial charge in [-0.2, -0.15) is 0 Å². The van der Waals surface area contributed by atoms with Crippen LogP contribution in [0, 0.1) is 5.82 Å². The summed E-state index contributed by atoms with van der Waals surface area (Å²) in [6, 6.07) is 10.1. The molecule has 2 aromatic heterocycles. The second kappa shape index (κ2) is 6.67. The summed E-state index contributed by atoms with van der Waals surface area (Å²) in [5.74, 6) is 0.541. The molecule has 0 unspecified atom stereocenters. The van der Waals surface area contributed by atoms with Gasteiger partial charge < -0.3 is 20.1 Å². The summed E-state index contributed by atoms with van der Waals surface area (Å²) < 4.78 is 13.3. The first kappa shape index (κ1) is 16.4. The van der Waals surface area contributed by atoms with Crippen LogP contribution in [0.15, 0.2) is 42.6 Å². The van der Waals surface area contributed by atoms with Gasteiger partial charge in [0.1, 0.15) is 11.5 Å². The van der Waals surface area contributed by atoms with E-state index < -0.39 is 0 Å². The van der Waals surface area contributed by atoms with Crippen molar-refractivity contribution in [3.63, 3.8) is 0 Å². The molecule has 6 nitrogen and oxygen atoms in total. The molecule has 0 atom stereocenters. The number of carbonyl (C=O) groups is 1. The Balaban J connectivity index is 1.47. The van der Waals surface area contributed by atoms with Gasteiger partial charge >= 0.3 is 0 Å². The highest BCUT2D eigenvalue weighted by atomic mass is 19.1. The molecule has 1 aromatic carbocycles. The fourth-order valence-electron chi connectivity index (χ4n) is 3.35. The third kappa shape index (κ3) is 2.96. The van der Waals surface area contributed by atoms with E-state index in [1.54, 1.807) is 18.3 Å². The summed E-state index contributed by atoms with van der Waals surface area (Å²) in [7, 11) is 1.87. The standard InChI is InChI=1S/C19H20FN5O/c1-21-16-3-2-6-22-18(16)24-7-9-25(10-8-24)19(26)17-12-13-11-14(20)4-5-15(13)23-17/h2-6,11-12,21,23H,7-10H2,1H3. The average molecular weight is 353 g/mol. The Labute approximate surface area is 150 Å². The van der Waals surface area contributed by atoms with Crippen molar-refractivity contribution in [1.82, 2.24) is 14.9 Å². The number of benzene rings is 1. The Morgan fingerprint density at radius 1 is 1.19 bits per heavy atom. The van der Waals surface area contributed by atoms with Crippen molar-refractivity contribution in [2.45, 2.75) is 0 Å². The molecule has 26 heavy (non-hydrogen) atoms. The monoisotopic (exact) mass is 353 g/mol. The number of H-pyrrole nitrogens is 1. The molecule has 1 saturated heterocycles. The highest BCUT2D eigenvalue weighted by Crippen LogP contribution is 2.24. The number of nitrogens with zero attached hydrogens (tertiary/aromatic N) is 3. The van der Waals surface area contributed by atoms with Gasteiger partial charge in [-0.1, -0.05) is 0 Å². The highest BCUT2D eigenvalue weighted by molar-refractivity contribution is 5.98. The summed E-state index contributed by atoms with van der Waals surface area (Å²) >= 11 is 0. The predicted molar refractivity (Wildman–Crippen MR) is 100 cm³/mol. The summed E-state index contributed by atoms with van der Waals surface area (Å²) in [5, 5.41) is 3.86. The predicted octanol–water partition coefficient (Wildman–Crippen LogP) is 2.71. The number of piperazine rings is 1. The molecule has 1 amide bonds. The van der Waals surface area contributed by atoms with Gasteiger partial charge in [-0.05, 0) is 36.4 Å². The maximum Gasteiger partial charge on any atom is 0.270 e. The van der Waals surface area contributed by atoms with Crippen molar-refractivity contribution in [2.24, 2.45) is 0 Å². The molecule has 0 aliphatic carbocycles. The number of pyridine rings is 1. The van der Waals surface area contributed by atoms with E-state index in [2.05, 4.69) is 20.2 Å². The van der Waals surface area contributed by atoms with E-state index in [1.807, 2.05) is 24.1 Å². The number of hydrogen-bond donors (Lipinski definition) is 2. The summed E-state index contributed by atoms with van der Waals surface area (Å²) in [6.07, 6.45) is 1.78. The first-order valence-corrected chi connectivity index (χ1v) is 8.61. The minimum Gasteiger partial charge on any atom is -0.385 e. The summed E-state index contributed by atoms with van der Waals surface area (Å²) in [4.78, 5) is 24.3. The molecule has 0 radical (unpaired) electrons. The molecule has 134 valence electrons. The van der Waals surface area contributed by atoms with Gasteiger partial charge in [-0.3, -0.25) is 4.79 Å². The van der Waals surface area contributed by atoms with Gasteiger partial charge in [0.15, 0.2) is 5.82 Å². The van der Waals surface area contributed by atoms with Crippen molar-refractivity contribution < 1.29 is 9.18 Å². The van der Waals surface area contributed by atoms with Crippen LogP contribution in [0.2, 0.25) is 0 Å². The normalized spacial score (nSPS) is 14.7. The van der Waals surface area contributed by atoms with E-state index in [9.17, 15) is 9.18 Å². The van der Waals surface area contributed by atoms with Crippen LogP contribution in [0.1, 0.15) is 10.5 Å². The Morgan fingerprint density at radius 3 is 2.77 bits per heavy atom. The number of aromatic amines is 1. The second-order valence-electron chi connectivity index (χ2n) is 6.32. The molecule has 1 aliphatic rings. The van der Waals surface area contributed by atoms with Gasteiger partial charge in [-0.25, -0.2) is 9.37 Å². The lowest BCUT2D eigenvalue weighted by molar-refractivity contribution is 0.0741. The zero-order valence-corrected chi connectivity index (χ0v) is 14.5. The molecular weight excluding hydrogens is 333 g/mol. The van der Waals surface area contributed by atoms with Crippen molar-refractivity contribution in [2.75, 3.05) is 43.4 Å². The summed E-state index contributed by atoms with van der Waals surface area (Å²) in [6.45, 7) is 2.66. The zero-order valence-electron chi connectivity index (χ0n) is 14.5.